The van der Waals surface area contributed by atoms with Gasteiger partial charge in [-0.25, -0.2) is 18.6 Å². The van der Waals surface area contributed by atoms with Crippen LogP contribution in [-0.2, 0) is 11.4 Å². The number of fused-ring (bicyclic) bond motifs is 4. The van der Waals surface area contributed by atoms with Gasteiger partial charge in [-0.15, -0.1) is 11.6 Å². The topological polar surface area (TPSA) is 67.2 Å². The highest BCUT2D eigenvalue weighted by molar-refractivity contribution is 6.35. The molecule has 24 heavy (non-hydrogen) atoms. The summed E-state index contributed by atoms with van der Waals surface area (Å²) in [5.74, 6) is -2.35. The normalized spacial score (nSPS) is 21.4. The number of carbonyl (C=O) groups is 1. The Bertz CT molecular complexity index is 843. The molecule has 128 valence electrons. The van der Waals surface area contributed by atoms with E-state index in [0.29, 0.717) is 33.3 Å². The van der Waals surface area contributed by atoms with E-state index in [9.17, 15) is 13.6 Å². The number of aromatic nitrogens is 1. The smallest absolute Gasteiger partial charge is 0.319 e. The summed E-state index contributed by atoms with van der Waals surface area (Å²) in [5.41, 5.74) is 0.914. The molecule has 1 spiro atoms. The van der Waals surface area contributed by atoms with Crippen LogP contribution in [0.15, 0.2) is 10.5 Å². The van der Waals surface area contributed by atoms with Crippen molar-refractivity contribution in [3.05, 3.63) is 22.5 Å². The SMILES string of the molecule is O=C1Nc2c(Cl)cc3nc(CCl)oc3c2C2(CCC(F)(F)CC2)N1. The maximum Gasteiger partial charge on any atom is 0.319 e. The van der Waals surface area contributed by atoms with E-state index in [1.165, 1.54) is 0 Å². The van der Waals surface area contributed by atoms with E-state index < -0.39 is 17.5 Å². The Balaban J connectivity index is 1.95. The van der Waals surface area contributed by atoms with Crippen LogP contribution in [0.4, 0.5) is 19.3 Å². The monoisotopic (exact) mass is 375 g/mol. The van der Waals surface area contributed by atoms with Crippen LogP contribution in [0.5, 0.6) is 0 Å². The van der Waals surface area contributed by atoms with Gasteiger partial charge in [-0.05, 0) is 18.9 Å². The van der Waals surface area contributed by atoms with Gasteiger partial charge in [-0.3, -0.25) is 0 Å². The molecule has 1 fully saturated rings. The van der Waals surface area contributed by atoms with Crippen molar-refractivity contribution in [2.45, 2.75) is 43.0 Å². The summed E-state index contributed by atoms with van der Waals surface area (Å²) >= 11 is 12.1. The van der Waals surface area contributed by atoms with Gasteiger partial charge in [0, 0.05) is 18.4 Å². The lowest BCUT2D eigenvalue weighted by Gasteiger charge is -2.44. The number of rotatable bonds is 1. The highest BCUT2D eigenvalue weighted by Gasteiger charge is 2.50. The largest absolute Gasteiger partial charge is 0.439 e. The summed E-state index contributed by atoms with van der Waals surface area (Å²) in [6.07, 6.45) is -0.464. The van der Waals surface area contributed by atoms with Crippen LogP contribution in [0.2, 0.25) is 5.02 Å². The fourth-order valence-electron chi connectivity index (χ4n) is 3.56. The van der Waals surface area contributed by atoms with Gasteiger partial charge in [0.05, 0.1) is 22.1 Å². The minimum absolute atomic E-state index is 0.0753. The van der Waals surface area contributed by atoms with Gasteiger partial charge in [-0.1, -0.05) is 11.6 Å². The second-order valence-electron chi connectivity index (χ2n) is 6.22. The summed E-state index contributed by atoms with van der Waals surface area (Å²) in [6.45, 7) is 0. The molecule has 1 aliphatic carbocycles. The van der Waals surface area contributed by atoms with Gasteiger partial charge in [0.1, 0.15) is 5.52 Å². The molecule has 5 nitrogen and oxygen atoms in total. The molecule has 2 amide bonds. The molecular weight excluding hydrogens is 363 g/mol. The maximum atomic E-state index is 13.7. The fourth-order valence-corrected chi connectivity index (χ4v) is 3.92. The molecule has 0 saturated heterocycles. The second kappa shape index (κ2) is 5.20. The van der Waals surface area contributed by atoms with Gasteiger partial charge in [0.25, 0.3) is 0 Å². The third-order valence-corrected chi connectivity index (χ3v) is 5.22. The predicted molar refractivity (Wildman–Crippen MR) is 85.8 cm³/mol. The number of hydrogen-bond donors (Lipinski definition) is 2. The molecule has 1 aromatic heterocycles. The van der Waals surface area contributed by atoms with Crippen molar-refractivity contribution in [1.82, 2.24) is 10.3 Å². The third-order valence-electron chi connectivity index (χ3n) is 4.70. The lowest BCUT2D eigenvalue weighted by Crippen LogP contribution is -2.54. The number of carbonyl (C=O) groups excluding carboxylic acids is 1. The van der Waals surface area contributed by atoms with Crippen LogP contribution in [0.1, 0.15) is 37.1 Å². The highest BCUT2D eigenvalue weighted by atomic mass is 35.5. The molecule has 1 aromatic carbocycles. The number of halogens is 4. The number of alkyl halides is 3. The molecule has 2 aromatic rings. The second-order valence-corrected chi connectivity index (χ2v) is 6.89. The van der Waals surface area contributed by atoms with Gasteiger partial charge in [-0.2, -0.15) is 0 Å². The van der Waals surface area contributed by atoms with Crippen molar-refractivity contribution >= 4 is 46.0 Å². The Hall–Kier alpha value is -1.60. The number of benzene rings is 1. The van der Waals surface area contributed by atoms with Crippen LogP contribution >= 0.6 is 23.2 Å². The number of urea groups is 1. The minimum atomic E-state index is -2.73. The number of nitrogens with zero attached hydrogens (tertiary/aromatic N) is 1. The Morgan fingerprint density at radius 3 is 2.67 bits per heavy atom. The van der Waals surface area contributed by atoms with Crippen LogP contribution in [0.3, 0.4) is 0 Å². The number of hydrogen-bond acceptors (Lipinski definition) is 3. The Morgan fingerprint density at radius 2 is 2.00 bits per heavy atom. The van der Waals surface area contributed by atoms with E-state index in [1.807, 2.05) is 0 Å². The van der Waals surface area contributed by atoms with Gasteiger partial charge >= 0.3 is 6.03 Å². The maximum absolute atomic E-state index is 13.7. The summed E-state index contributed by atoms with van der Waals surface area (Å²) in [5, 5.41) is 5.75. The molecule has 0 bridgehead atoms. The minimum Gasteiger partial charge on any atom is -0.439 e. The summed E-state index contributed by atoms with van der Waals surface area (Å²) in [7, 11) is 0. The number of nitrogens with one attached hydrogen (secondary N) is 2. The quantitative estimate of drug-likeness (QED) is 0.706. The van der Waals surface area contributed by atoms with Crippen molar-refractivity contribution in [2.24, 2.45) is 0 Å². The lowest BCUT2D eigenvalue weighted by atomic mass is 9.73. The molecule has 1 aliphatic heterocycles. The summed E-state index contributed by atoms with van der Waals surface area (Å²) in [4.78, 5) is 16.3. The summed E-state index contributed by atoms with van der Waals surface area (Å²) in [6, 6.07) is 1.11. The molecule has 0 radical (unpaired) electrons. The van der Waals surface area contributed by atoms with E-state index in [2.05, 4.69) is 15.6 Å². The number of amides is 2. The molecule has 2 heterocycles. The molecule has 4 rings (SSSR count). The molecule has 2 aliphatic rings. The number of anilines is 1. The van der Waals surface area contributed by atoms with Crippen LogP contribution in [-0.4, -0.2) is 16.9 Å². The first-order chi connectivity index (χ1) is 11.3. The van der Waals surface area contributed by atoms with E-state index in [-0.39, 0.29) is 31.6 Å². The van der Waals surface area contributed by atoms with Gasteiger partial charge in [0.2, 0.25) is 11.8 Å². The Labute approximate surface area is 145 Å². The van der Waals surface area contributed by atoms with Crippen LogP contribution in [0.25, 0.3) is 11.1 Å². The first kappa shape index (κ1) is 15.9. The van der Waals surface area contributed by atoms with Crippen molar-refractivity contribution in [3.63, 3.8) is 0 Å². The van der Waals surface area contributed by atoms with E-state index in [4.69, 9.17) is 27.6 Å². The average molecular weight is 376 g/mol. The summed E-state index contributed by atoms with van der Waals surface area (Å²) < 4.78 is 33.0. The molecule has 0 unspecified atom stereocenters. The van der Waals surface area contributed by atoms with Crippen LogP contribution in [0, 0.1) is 0 Å². The third kappa shape index (κ3) is 2.33. The Kier molecular flexibility index (Phi) is 3.44. The van der Waals surface area contributed by atoms with Crippen LogP contribution < -0.4 is 10.6 Å². The van der Waals surface area contributed by atoms with E-state index in [1.54, 1.807) is 6.07 Å². The highest BCUT2D eigenvalue weighted by Crippen LogP contribution is 2.51. The van der Waals surface area contributed by atoms with Crippen molar-refractivity contribution in [3.8, 4) is 0 Å². The fraction of sp³-hybridized carbons (Fsp3) is 0.467. The van der Waals surface area contributed by atoms with E-state index >= 15 is 0 Å². The average Bonchev–Trinajstić information content (AvgIpc) is 2.93. The molecule has 2 N–H and O–H groups in total. The van der Waals surface area contributed by atoms with Crippen molar-refractivity contribution in [1.29, 1.82) is 0 Å². The zero-order valence-corrected chi connectivity index (χ0v) is 13.9. The molecule has 9 heteroatoms. The zero-order chi connectivity index (χ0) is 17.1. The zero-order valence-electron chi connectivity index (χ0n) is 12.4. The van der Waals surface area contributed by atoms with Crippen molar-refractivity contribution in [2.75, 3.05) is 5.32 Å². The van der Waals surface area contributed by atoms with Gasteiger partial charge < -0.3 is 15.1 Å². The molecule has 1 saturated carbocycles. The first-order valence-corrected chi connectivity index (χ1v) is 8.40. The van der Waals surface area contributed by atoms with Gasteiger partial charge in [0.15, 0.2) is 5.58 Å². The van der Waals surface area contributed by atoms with Crippen molar-refractivity contribution < 1.29 is 18.0 Å². The van der Waals surface area contributed by atoms with E-state index in [0.717, 1.165) is 0 Å². The number of oxazole rings is 1. The lowest BCUT2D eigenvalue weighted by molar-refractivity contribution is -0.0552. The molecular formula is C15H13Cl2F2N3O2. The first-order valence-electron chi connectivity index (χ1n) is 7.49. The standard InChI is InChI=1S/C15H13Cl2F2N3O2/c16-6-9-20-8-5-7(17)11-10(12(8)24-9)14(22-13(23)21-11)1-3-15(18,19)4-2-14/h5H,1-4,6H2,(H2,21,22,23). The Morgan fingerprint density at radius 1 is 1.29 bits per heavy atom. The predicted octanol–water partition coefficient (Wildman–Crippen LogP) is 4.76. The molecule has 0 atom stereocenters.